The van der Waals surface area contributed by atoms with Crippen LogP contribution in [0.3, 0.4) is 0 Å². The molecular formula is C17H19N5OS. The number of hydrogen-bond donors (Lipinski definition) is 1. The highest BCUT2D eigenvalue weighted by Gasteiger charge is 2.13. The number of rotatable bonds is 5. The molecule has 24 heavy (non-hydrogen) atoms. The molecule has 1 amide bonds. The van der Waals surface area contributed by atoms with Gasteiger partial charge in [-0.3, -0.25) is 4.79 Å². The monoisotopic (exact) mass is 341 g/mol. The number of amides is 1. The Hall–Kier alpha value is -2.54. The molecule has 0 spiro atoms. The maximum absolute atomic E-state index is 12.2. The molecule has 0 aliphatic heterocycles. The quantitative estimate of drug-likeness (QED) is 0.774. The highest BCUT2D eigenvalue weighted by Crippen LogP contribution is 2.17. The summed E-state index contributed by atoms with van der Waals surface area (Å²) >= 11 is 1.57. The molecule has 3 aromatic rings. The van der Waals surface area contributed by atoms with Gasteiger partial charge in [-0.15, -0.1) is 10.2 Å². The first-order valence-corrected chi connectivity index (χ1v) is 8.64. The van der Waals surface area contributed by atoms with Crippen LogP contribution in [0.5, 0.6) is 0 Å². The van der Waals surface area contributed by atoms with Crippen LogP contribution < -0.4 is 5.32 Å². The van der Waals surface area contributed by atoms with E-state index in [1.807, 2.05) is 29.8 Å². The van der Waals surface area contributed by atoms with Crippen molar-refractivity contribution >= 4 is 17.2 Å². The Kier molecular flexibility index (Phi) is 4.71. The highest BCUT2D eigenvalue weighted by molar-refractivity contribution is 7.08. The maximum Gasteiger partial charge on any atom is 0.244 e. The number of aromatic nitrogens is 4. The minimum absolute atomic E-state index is 0.0479. The minimum atomic E-state index is -0.144. The van der Waals surface area contributed by atoms with E-state index < -0.39 is 0 Å². The van der Waals surface area contributed by atoms with Crippen LogP contribution in [0.15, 0.2) is 35.0 Å². The van der Waals surface area contributed by atoms with E-state index in [0.29, 0.717) is 5.82 Å². The van der Waals surface area contributed by atoms with Crippen LogP contribution in [0.4, 0.5) is 0 Å². The molecule has 0 aliphatic rings. The zero-order chi connectivity index (χ0) is 17.1. The van der Waals surface area contributed by atoms with Crippen molar-refractivity contribution in [2.24, 2.45) is 0 Å². The SMILES string of the molecule is Cc1ccc([C@@H](C)NC(=O)Cn2nnc(-c3ccsc3)n2)cc1C. The molecule has 2 aromatic heterocycles. The van der Waals surface area contributed by atoms with Gasteiger partial charge in [0.05, 0.1) is 6.04 Å². The summed E-state index contributed by atoms with van der Waals surface area (Å²) in [6.07, 6.45) is 0. The number of carbonyl (C=O) groups is 1. The van der Waals surface area contributed by atoms with E-state index >= 15 is 0 Å². The number of hydrogen-bond acceptors (Lipinski definition) is 5. The molecule has 0 saturated carbocycles. The van der Waals surface area contributed by atoms with E-state index in [1.54, 1.807) is 11.3 Å². The lowest BCUT2D eigenvalue weighted by atomic mass is 10.0. The summed E-state index contributed by atoms with van der Waals surface area (Å²) in [5.41, 5.74) is 4.45. The van der Waals surface area contributed by atoms with Crippen molar-refractivity contribution in [3.8, 4) is 11.4 Å². The molecule has 0 aliphatic carbocycles. The van der Waals surface area contributed by atoms with Crippen LogP contribution in [-0.2, 0) is 11.3 Å². The zero-order valence-electron chi connectivity index (χ0n) is 13.9. The number of nitrogens with zero attached hydrogens (tertiary/aromatic N) is 4. The van der Waals surface area contributed by atoms with Crippen LogP contribution in [0.2, 0.25) is 0 Å². The molecule has 2 heterocycles. The zero-order valence-corrected chi connectivity index (χ0v) is 14.7. The van der Waals surface area contributed by atoms with Crippen LogP contribution in [0.1, 0.15) is 29.7 Å². The van der Waals surface area contributed by atoms with Gasteiger partial charge in [0.25, 0.3) is 0 Å². The van der Waals surface area contributed by atoms with Crippen molar-refractivity contribution in [1.82, 2.24) is 25.5 Å². The van der Waals surface area contributed by atoms with Gasteiger partial charge in [0.15, 0.2) is 0 Å². The summed E-state index contributed by atoms with van der Waals surface area (Å²) in [6, 6.07) is 8.06. The summed E-state index contributed by atoms with van der Waals surface area (Å²) < 4.78 is 0. The molecule has 3 rings (SSSR count). The van der Waals surface area contributed by atoms with Crippen LogP contribution >= 0.6 is 11.3 Å². The lowest BCUT2D eigenvalue weighted by Crippen LogP contribution is -2.30. The molecule has 1 aromatic carbocycles. The predicted molar refractivity (Wildman–Crippen MR) is 93.6 cm³/mol. The van der Waals surface area contributed by atoms with E-state index in [-0.39, 0.29) is 18.5 Å². The molecule has 0 radical (unpaired) electrons. The summed E-state index contributed by atoms with van der Waals surface area (Å²) in [6.45, 7) is 6.16. The largest absolute Gasteiger partial charge is 0.348 e. The second kappa shape index (κ2) is 6.92. The first-order valence-electron chi connectivity index (χ1n) is 7.70. The molecule has 0 bridgehead atoms. The van der Waals surface area contributed by atoms with Crippen LogP contribution in [0, 0.1) is 13.8 Å². The third kappa shape index (κ3) is 3.68. The summed E-state index contributed by atoms with van der Waals surface area (Å²) in [4.78, 5) is 13.5. The molecular weight excluding hydrogens is 322 g/mol. The fourth-order valence-electron chi connectivity index (χ4n) is 2.35. The Balaban J connectivity index is 1.62. The Morgan fingerprint density at radius 3 is 2.83 bits per heavy atom. The fourth-order valence-corrected chi connectivity index (χ4v) is 2.98. The lowest BCUT2D eigenvalue weighted by molar-refractivity contribution is -0.122. The fraction of sp³-hybridized carbons (Fsp3) is 0.294. The predicted octanol–water partition coefficient (Wildman–Crippen LogP) is 2.90. The Morgan fingerprint density at radius 2 is 2.12 bits per heavy atom. The maximum atomic E-state index is 12.2. The van der Waals surface area contributed by atoms with Gasteiger partial charge in [0.1, 0.15) is 6.54 Å². The first-order chi connectivity index (χ1) is 11.5. The van der Waals surface area contributed by atoms with Crippen LogP contribution in [0.25, 0.3) is 11.4 Å². The van der Waals surface area contributed by atoms with Gasteiger partial charge < -0.3 is 5.32 Å². The summed E-state index contributed by atoms with van der Waals surface area (Å²) in [7, 11) is 0. The number of carbonyl (C=O) groups excluding carboxylic acids is 1. The standard InChI is InChI=1S/C17H19N5OS/c1-11-4-5-14(8-12(11)2)13(3)18-16(23)9-22-20-17(19-21-22)15-6-7-24-10-15/h4-8,10,13H,9H2,1-3H3,(H,18,23)/t13-/m1/s1. The third-order valence-electron chi connectivity index (χ3n) is 3.93. The van der Waals surface area contributed by atoms with Crippen molar-refractivity contribution in [3.05, 3.63) is 51.7 Å². The molecule has 0 saturated heterocycles. The molecule has 6 nitrogen and oxygen atoms in total. The first kappa shape index (κ1) is 16.3. The summed E-state index contributed by atoms with van der Waals surface area (Å²) in [5, 5.41) is 19.0. The smallest absolute Gasteiger partial charge is 0.244 e. The van der Waals surface area contributed by atoms with Gasteiger partial charge >= 0.3 is 0 Å². The van der Waals surface area contributed by atoms with Gasteiger partial charge in [0.2, 0.25) is 11.7 Å². The average molecular weight is 341 g/mol. The number of benzene rings is 1. The van der Waals surface area contributed by atoms with Crippen molar-refractivity contribution in [3.63, 3.8) is 0 Å². The number of nitrogens with one attached hydrogen (secondary N) is 1. The third-order valence-corrected chi connectivity index (χ3v) is 4.61. The topological polar surface area (TPSA) is 72.7 Å². The second-order valence-corrected chi connectivity index (χ2v) is 6.57. The van der Waals surface area contributed by atoms with Crippen LogP contribution in [-0.4, -0.2) is 26.1 Å². The average Bonchev–Trinajstić information content (AvgIpc) is 3.20. The number of tetrazole rings is 1. The van der Waals surface area contributed by atoms with Gasteiger partial charge in [-0.1, -0.05) is 18.2 Å². The highest BCUT2D eigenvalue weighted by atomic mass is 32.1. The molecule has 1 N–H and O–H groups in total. The number of aryl methyl sites for hydroxylation is 2. The Labute approximate surface area is 144 Å². The van der Waals surface area contributed by atoms with E-state index in [1.165, 1.54) is 15.9 Å². The van der Waals surface area contributed by atoms with Crippen molar-refractivity contribution in [1.29, 1.82) is 0 Å². The van der Waals surface area contributed by atoms with Crippen molar-refractivity contribution in [2.45, 2.75) is 33.4 Å². The van der Waals surface area contributed by atoms with Crippen molar-refractivity contribution < 1.29 is 4.79 Å². The van der Waals surface area contributed by atoms with E-state index in [2.05, 4.69) is 46.7 Å². The van der Waals surface area contributed by atoms with E-state index in [0.717, 1.165) is 11.1 Å². The van der Waals surface area contributed by atoms with E-state index in [4.69, 9.17) is 0 Å². The summed E-state index contributed by atoms with van der Waals surface area (Å²) in [5.74, 6) is 0.390. The normalized spacial score (nSPS) is 12.1. The minimum Gasteiger partial charge on any atom is -0.348 e. The Bertz CT molecular complexity index is 841. The number of thiophene rings is 1. The second-order valence-electron chi connectivity index (χ2n) is 5.79. The van der Waals surface area contributed by atoms with Gasteiger partial charge in [-0.25, -0.2) is 0 Å². The molecule has 124 valence electrons. The van der Waals surface area contributed by atoms with Gasteiger partial charge in [-0.2, -0.15) is 16.1 Å². The molecule has 0 unspecified atom stereocenters. The lowest BCUT2D eigenvalue weighted by Gasteiger charge is -2.15. The molecule has 7 heteroatoms. The van der Waals surface area contributed by atoms with E-state index in [9.17, 15) is 4.79 Å². The Morgan fingerprint density at radius 1 is 1.29 bits per heavy atom. The van der Waals surface area contributed by atoms with Crippen molar-refractivity contribution in [2.75, 3.05) is 0 Å². The van der Waals surface area contributed by atoms with Gasteiger partial charge in [-0.05, 0) is 54.1 Å². The molecule has 1 atom stereocenters. The molecule has 0 fully saturated rings. The van der Waals surface area contributed by atoms with Gasteiger partial charge in [0, 0.05) is 10.9 Å².